The van der Waals surface area contributed by atoms with Crippen LogP contribution in [0.5, 0.6) is 5.75 Å². The normalized spacial score (nSPS) is 12.3. The highest BCUT2D eigenvalue weighted by atomic mass is 79.9. The molecule has 0 spiro atoms. The predicted octanol–water partition coefficient (Wildman–Crippen LogP) is 4.44. The minimum absolute atomic E-state index is 0.214. The van der Waals surface area contributed by atoms with E-state index in [2.05, 4.69) is 31.9 Å². The number of methoxy groups -OCH3 is 1. The number of rotatable bonds is 3. The monoisotopic (exact) mass is 388 g/mol. The molecular formula is C14H11Br2FO2. The number of hydrogen-bond acceptors (Lipinski definition) is 2. The van der Waals surface area contributed by atoms with Gasteiger partial charge in [0, 0.05) is 20.6 Å². The first-order chi connectivity index (χ1) is 9.01. The summed E-state index contributed by atoms with van der Waals surface area (Å²) in [5.74, 6) is -0.0770. The lowest BCUT2D eigenvalue weighted by Crippen LogP contribution is -2.03. The Balaban J connectivity index is 2.40. The molecule has 0 aromatic heterocycles. The topological polar surface area (TPSA) is 29.5 Å². The third kappa shape index (κ3) is 3.35. The molecule has 2 aromatic carbocycles. The maximum absolute atomic E-state index is 13.9. The minimum Gasteiger partial charge on any atom is -0.497 e. The molecule has 1 unspecified atom stereocenters. The molecule has 19 heavy (non-hydrogen) atoms. The zero-order chi connectivity index (χ0) is 14.0. The summed E-state index contributed by atoms with van der Waals surface area (Å²) in [6, 6.07) is 9.74. The number of halogens is 3. The van der Waals surface area contributed by atoms with Crippen LogP contribution in [0.3, 0.4) is 0 Å². The van der Waals surface area contributed by atoms with Crippen molar-refractivity contribution in [1.82, 2.24) is 0 Å². The number of aliphatic hydroxyl groups is 1. The van der Waals surface area contributed by atoms with Crippen molar-refractivity contribution in [3.05, 3.63) is 62.3 Å². The molecule has 0 radical (unpaired) electrons. The van der Waals surface area contributed by atoms with Crippen molar-refractivity contribution in [3.63, 3.8) is 0 Å². The SMILES string of the molecule is COc1ccc(C(O)c2cc(Br)cc(Br)c2)c(F)c1. The lowest BCUT2D eigenvalue weighted by Gasteiger charge is -2.14. The fourth-order valence-electron chi connectivity index (χ4n) is 1.77. The van der Waals surface area contributed by atoms with E-state index < -0.39 is 11.9 Å². The Morgan fingerprint density at radius 2 is 1.74 bits per heavy atom. The fraction of sp³-hybridized carbons (Fsp3) is 0.143. The lowest BCUT2D eigenvalue weighted by atomic mass is 10.0. The molecule has 5 heteroatoms. The molecule has 0 aliphatic rings. The molecule has 100 valence electrons. The Morgan fingerprint density at radius 1 is 1.11 bits per heavy atom. The van der Waals surface area contributed by atoms with Crippen molar-refractivity contribution in [2.75, 3.05) is 7.11 Å². The molecule has 1 N–H and O–H groups in total. The molecule has 2 nitrogen and oxygen atoms in total. The third-order valence-electron chi connectivity index (χ3n) is 2.70. The van der Waals surface area contributed by atoms with Crippen LogP contribution in [0, 0.1) is 5.82 Å². The van der Waals surface area contributed by atoms with E-state index >= 15 is 0 Å². The van der Waals surface area contributed by atoms with Gasteiger partial charge in [0.05, 0.1) is 7.11 Å². The fourth-order valence-corrected chi connectivity index (χ4v) is 3.10. The Kier molecular flexibility index (Phi) is 4.60. The van der Waals surface area contributed by atoms with E-state index in [-0.39, 0.29) is 5.56 Å². The average Bonchev–Trinajstić information content (AvgIpc) is 2.36. The van der Waals surface area contributed by atoms with Gasteiger partial charge in [0.1, 0.15) is 17.7 Å². The van der Waals surface area contributed by atoms with Crippen LogP contribution >= 0.6 is 31.9 Å². The first kappa shape index (κ1) is 14.5. The maximum atomic E-state index is 13.9. The molecule has 1 atom stereocenters. The van der Waals surface area contributed by atoms with Gasteiger partial charge >= 0.3 is 0 Å². The second-order valence-corrected chi connectivity index (χ2v) is 5.82. The van der Waals surface area contributed by atoms with Crippen LogP contribution in [0.1, 0.15) is 17.2 Å². The average molecular weight is 390 g/mol. The molecule has 0 saturated heterocycles. The van der Waals surface area contributed by atoms with Gasteiger partial charge in [-0.1, -0.05) is 31.9 Å². The van der Waals surface area contributed by atoms with Gasteiger partial charge in [-0.3, -0.25) is 0 Å². The van der Waals surface area contributed by atoms with Crippen molar-refractivity contribution in [3.8, 4) is 5.75 Å². The van der Waals surface area contributed by atoms with Crippen LogP contribution in [0.25, 0.3) is 0 Å². The van der Waals surface area contributed by atoms with E-state index in [4.69, 9.17) is 4.74 Å². The van der Waals surface area contributed by atoms with E-state index in [1.807, 2.05) is 6.07 Å². The summed E-state index contributed by atoms with van der Waals surface area (Å²) < 4.78 is 20.5. The van der Waals surface area contributed by atoms with Crippen LogP contribution in [0.4, 0.5) is 4.39 Å². The molecule has 0 saturated carbocycles. The first-order valence-electron chi connectivity index (χ1n) is 5.48. The van der Waals surface area contributed by atoms with Gasteiger partial charge in [0.25, 0.3) is 0 Å². The van der Waals surface area contributed by atoms with Crippen molar-refractivity contribution in [1.29, 1.82) is 0 Å². The van der Waals surface area contributed by atoms with E-state index in [9.17, 15) is 9.50 Å². The second-order valence-electron chi connectivity index (χ2n) is 3.99. The predicted molar refractivity (Wildman–Crippen MR) is 78.9 cm³/mol. The number of benzene rings is 2. The Morgan fingerprint density at radius 3 is 2.26 bits per heavy atom. The van der Waals surface area contributed by atoms with E-state index in [0.29, 0.717) is 11.3 Å². The zero-order valence-electron chi connectivity index (χ0n) is 10.0. The molecule has 0 heterocycles. The molecule has 0 aliphatic heterocycles. The first-order valence-corrected chi connectivity index (χ1v) is 7.07. The van der Waals surface area contributed by atoms with Gasteiger partial charge in [-0.15, -0.1) is 0 Å². The Hall–Kier alpha value is -0.910. The second kappa shape index (κ2) is 6.03. The third-order valence-corrected chi connectivity index (χ3v) is 3.62. The highest BCUT2D eigenvalue weighted by Crippen LogP contribution is 2.30. The summed E-state index contributed by atoms with van der Waals surface area (Å²) in [6.07, 6.45) is -1.03. The molecule has 0 fully saturated rings. The zero-order valence-corrected chi connectivity index (χ0v) is 13.2. The smallest absolute Gasteiger partial charge is 0.133 e. The summed E-state index contributed by atoms with van der Waals surface area (Å²) in [4.78, 5) is 0. The summed E-state index contributed by atoms with van der Waals surface area (Å²) in [6.45, 7) is 0. The van der Waals surface area contributed by atoms with Crippen molar-refractivity contribution >= 4 is 31.9 Å². The van der Waals surface area contributed by atoms with Gasteiger partial charge in [0.2, 0.25) is 0 Å². The van der Waals surface area contributed by atoms with Gasteiger partial charge in [-0.05, 0) is 35.9 Å². The van der Waals surface area contributed by atoms with Crippen molar-refractivity contribution in [2.24, 2.45) is 0 Å². The summed E-state index contributed by atoms with van der Waals surface area (Å²) in [5, 5.41) is 10.3. The molecular weight excluding hydrogens is 379 g/mol. The molecule has 0 aliphatic carbocycles. The van der Waals surface area contributed by atoms with Crippen molar-refractivity contribution < 1.29 is 14.2 Å². The highest BCUT2D eigenvalue weighted by molar-refractivity contribution is 9.11. The van der Waals surface area contributed by atoms with Crippen LogP contribution in [-0.4, -0.2) is 12.2 Å². The van der Waals surface area contributed by atoms with Crippen LogP contribution in [0.15, 0.2) is 45.3 Å². The molecule has 2 rings (SSSR count). The van der Waals surface area contributed by atoms with Crippen molar-refractivity contribution in [2.45, 2.75) is 6.10 Å². The van der Waals surface area contributed by atoms with Gasteiger partial charge in [-0.2, -0.15) is 0 Å². The van der Waals surface area contributed by atoms with Gasteiger partial charge in [-0.25, -0.2) is 4.39 Å². The minimum atomic E-state index is -1.03. The van der Waals surface area contributed by atoms with Gasteiger partial charge in [0.15, 0.2) is 0 Å². The number of ether oxygens (including phenoxy) is 1. The standard InChI is InChI=1S/C14H11Br2FO2/c1-19-11-2-3-12(13(17)7-11)14(18)8-4-9(15)6-10(16)5-8/h2-7,14,18H,1H3. The van der Waals surface area contributed by atoms with E-state index in [1.165, 1.54) is 19.2 Å². The Bertz CT molecular complexity index is 582. The molecule has 0 bridgehead atoms. The molecule has 2 aromatic rings. The van der Waals surface area contributed by atoms with E-state index in [0.717, 1.165) is 8.95 Å². The van der Waals surface area contributed by atoms with Gasteiger partial charge < -0.3 is 9.84 Å². The van der Waals surface area contributed by atoms with Crippen LogP contribution in [-0.2, 0) is 0 Å². The van der Waals surface area contributed by atoms with Crippen LogP contribution in [0.2, 0.25) is 0 Å². The Labute approximate surface area is 127 Å². The summed E-state index contributed by atoms with van der Waals surface area (Å²) in [7, 11) is 1.47. The van der Waals surface area contributed by atoms with E-state index in [1.54, 1.807) is 18.2 Å². The number of hydrogen-bond donors (Lipinski definition) is 1. The largest absolute Gasteiger partial charge is 0.497 e. The lowest BCUT2D eigenvalue weighted by molar-refractivity contribution is 0.214. The molecule has 0 amide bonds. The number of aliphatic hydroxyl groups excluding tert-OH is 1. The highest BCUT2D eigenvalue weighted by Gasteiger charge is 2.16. The summed E-state index contributed by atoms with van der Waals surface area (Å²) >= 11 is 6.68. The quantitative estimate of drug-likeness (QED) is 0.840. The van der Waals surface area contributed by atoms with Crippen LogP contribution < -0.4 is 4.74 Å². The summed E-state index contributed by atoms with van der Waals surface area (Å²) in [5.41, 5.74) is 0.816. The maximum Gasteiger partial charge on any atom is 0.133 e.